The van der Waals surface area contributed by atoms with Crippen molar-refractivity contribution in [2.75, 3.05) is 6.54 Å². The fourth-order valence-electron chi connectivity index (χ4n) is 5.55. The maximum atomic E-state index is 13.5. The van der Waals surface area contributed by atoms with Crippen LogP contribution in [0.2, 0.25) is 0 Å². The Morgan fingerprint density at radius 1 is 1.02 bits per heavy atom. The van der Waals surface area contributed by atoms with Gasteiger partial charge in [0.2, 0.25) is 0 Å². The largest absolute Gasteiger partial charge is 0.416 e. The van der Waals surface area contributed by atoms with Crippen molar-refractivity contribution in [2.24, 2.45) is 5.73 Å². The van der Waals surface area contributed by atoms with Crippen molar-refractivity contribution in [3.8, 4) is 11.3 Å². The van der Waals surface area contributed by atoms with Crippen molar-refractivity contribution in [1.29, 1.82) is 0 Å². The normalized spacial score (nSPS) is 15.4. The molecule has 204 valence electrons. The third-order valence-corrected chi connectivity index (χ3v) is 8.62. The van der Waals surface area contributed by atoms with Crippen LogP contribution in [0, 0.1) is 0 Å². The van der Waals surface area contributed by atoms with Gasteiger partial charge in [-0.1, -0.05) is 30.3 Å². The Morgan fingerprint density at radius 3 is 2.42 bits per heavy atom. The molecule has 0 radical (unpaired) electrons. The second-order valence-corrected chi connectivity index (χ2v) is 11.1. The van der Waals surface area contributed by atoms with Gasteiger partial charge in [-0.05, 0) is 49.1 Å². The van der Waals surface area contributed by atoms with Crippen molar-refractivity contribution >= 4 is 29.1 Å². The highest BCUT2D eigenvalue weighted by atomic mass is 32.1. The molecule has 0 saturated carbocycles. The molecule has 1 atom stereocenters. The summed E-state index contributed by atoms with van der Waals surface area (Å²) >= 11 is 1.32. The lowest BCUT2D eigenvalue weighted by Gasteiger charge is -2.24. The molecule has 0 unspecified atom stereocenters. The maximum absolute atomic E-state index is 13.5. The number of imide groups is 1. The van der Waals surface area contributed by atoms with Crippen LogP contribution < -0.4 is 5.73 Å². The van der Waals surface area contributed by atoms with E-state index in [2.05, 4.69) is 5.10 Å². The van der Waals surface area contributed by atoms with E-state index in [0.29, 0.717) is 40.1 Å². The Labute approximate surface area is 231 Å². The van der Waals surface area contributed by atoms with Crippen molar-refractivity contribution in [2.45, 2.75) is 37.9 Å². The first-order valence-corrected chi connectivity index (χ1v) is 13.5. The molecule has 0 aliphatic carbocycles. The van der Waals surface area contributed by atoms with Gasteiger partial charge in [0.05, 0.1) is 33.5 Å². The number of aryl methyl sites for hydroxylation is 2. The summed E-state index contributed by atoms with van der Waals surface area (Å²) in [7, 11) is 0. The fraction of sp³-hybridized carbons (Fsp3) is 0.241. The van der Waals surface area contributed by atoms with E-state index in [1.54, 1.807) is 42.6 Å². The Bertz CT molecular complexity index is 1640. The summed E-state index contributed by atoms with van der Waals surface area (Å²) < 4.78 is 42.4. The lowest BCUT2D eigenvalue weighted by molar-refractivity contribution is -0.137. The molecule has 2 aromatic heterocycles. The van der Waals surface area contributed by atoms with E-state index in [-0.39, 0.29) is 13.0 Å². The predicted molar refractivity (Wildman–Crippen MR) is 142 cm³/mol. The smallest absolute Gasteiger partial charge is 0.365 e. The number of fused-ring (bicyclic) bond motifs is 4. The number of nitrogens with zero attached hydrogens (tertiary/aromatic N) is 3. The van der Waals surface area contributed by atoms with Crippen LogP contribution in [-0.2, 0) is 25.6 Å². The number of alkyl halides is 3. The molecule has 2 aliphatic heterocycles. The number of carbonyl (C=O) groups excluding carboxylic acids is 3. The Balaban J connectivity index is 1.45. The average molecular weight is 565 g/mol. The van der Waals surface area contributed by atoms with E-state index in [1.807, 2.05) is 4.68 Å². The molecule has 40 heavy (non-hydrogen) atoms. The number of hydrogen-bond acceptors (Lipinski definition) is 5. The minimum Gasteiger partial charge on any atom is -0.365 e. The number of halogens is 3. The second kappa shape index (κ2) is 9.74. The number of thiophene rings is 1. The van der Waals surface area contributed by atoms with Gasteiger partial charge >= 0.3 is 6.18 Å². The SMILES string of the molecule is NC(=O)c1cc2c(s1)CCCn1ncc([C@H](Cc3cccc(C(F)(F)F)c3)CN3C(=O)c4ccccc4C3=O)c1-2. The van der Waals surface area contributed by atoms with E-state index in [9.17, 15) is 27.6 Å². The van der Waals surface area contributed by atoms with Crippen LogP contribution >= 0.6 is 11.3 Å². The molecular weight excluding hydrogens is 541 g/mol. The summed E-state index contributed by atoms with van der Waals surface area (Å²) in [6.07, 6.45) is -1.25. The Kier molecular flexibility index (Phi) is 6.33. The molecule has 4 aromatic rings. The second-order valence-electron chi connectivity index (χ2n) is 9.95. The van der Waals surface area contributed by atoms with Crippen molar-refractivity contribution in [3.05, 3.63) is 98.4 Å². The number of aromatic nitrogens is 2. The van der Waals surface area contributed by atoms with E-state index in [1.165, 1.54) is 17.4 Å². The van der Waals surface area contributed by atoms with Gasteiger partial charge in [0.15, 0.2) is 0 Å². The van der Waals surface area contributed by atoms with Crippen molar-refractivity contribution in [1.82, 2.24) is 14.7 Å². The number of nitrogens with two attached hydrogens (primary N) is 1. The summed E-state index contributed by atoms with van der Waals surface area (Å²) in [4.78, 5) is 41.0. The Morgan fingerprint density at radius 2 is 1.75 bits per heavy atom. The molecule has 0 spiro atoms. The fourth-order valence-corrected chi connectivity index (χ4v) is 6.60. The number of primary amides is 1. The van der Waals surface area contributed by atoms with Gasteiger partial charge in [-0.15, -0.1) is 11.3 Å². The van der Waals surface area contributed by atoms with Crippen molar-refractivity contribution < 1.29 is 27.6 Å². The van der Waals surface area contributed by atoms with Crippen molar-refractivity contribution in [3.63, 3.8) is 0 Å². The average Bonchev–Trinajstić information content (AvgIpc) is 3.57. The van der Waals surface area contributed by atoms with Crippen LogP contribution in [0.15, 0.2) is 60.8 Å². The molecule has 6 rings (SSSR count). The highest BCUT2D eigenvalue weighted by Gasteiger charge is 2.38. The van der Waals surface area contributed by atoms with Gasteiger partial charge in [-0.2, -0.15) is 18.3 Å². The highest BCUT2D eigenvalue weighted by Crippen LogP contribution is 2.41. The van der Waals surface area contributed by atoms with E-state index in [0.717, 1.165) is 39.6 Å². The first-order chi connectivity index (χ1) is 19.1. The van der Waals surface area contributed by atoms with Gasteiger partial charge in [-0.3, -0.25) is 24.0 Å². The maximum Gasteiger partial charge on any atom is 0.416 e. The summed E-state index contributed by atoms with van der Waals surface area (Å²) in [6, 6.07) is 13.3. The van der Waals surface area contributed by atoms with E-state index in [4.69, 9.17) is 5.73 Å². The van der Waals surface area contributed by atoms with Gasteiger partial charge in [0.25, 0.3) is 17.7 Å². The van der Waals surface area contributed by atoms with Crippen LogP contribution in [0.4, 0.5) is 13.2 Å². The first-order valence-electron chi connectivity index (χ1n) is 12.7. The number of benzene rings is 2. The molecule has 0 bridgehead atoms. The zero-order valence-electron chi connectivity index (χ0n) is 21.1. The summed E-state index contributed by atoms with van der Waals surface area (Å²) in [5.74, 6) is -2.00. The number of amides is 3. The van der Waals surface area contributed by atoms with Gasteiger partial charge in [0.1, 0.15) is 0 Å². The Hall–Kier alpha value is -4.25. The zero-order valence-corrected chi connectivity index (χ0v) is 21.9. The topological polar surface area (TPSA) is 98.3 Å². The molecule has 4 heterocycles. The third-order valence-electron chi connectivity index (χ3n) is 7.41. The van der Waals surface area contributed by atoms with Crippen LogP contribution in [0.25, 0.3) is 11.3 Å². The quantitative estimate of drug-likeness (QED) is 0.322. The summed E-state index contributed by atoms with van der Waals surface area (Å²) in [5, 5.41) is 4.58. The van der Waals surface area contributed by atoms with E-state index >= 15 is 0 Å². The lowest BCUT2D eigenvalue weighted by atomic mass is 9.89. The third kappa shape index (κ3) is 4.49. The van der Waals surface area contributed by atoms with Gasteiger partial charge in [-0.25, -0.2) is 0 Å². The molecule has 2 aromatic carbocycles. The number of rotatable bonds is 6. The molecular formula is C29H23F3N4O3S. The molecule has 3 amide bonds. The van der Waals surface area contributed by atoms with Crippen LogP contribution in [0.1, 0.15) is 64.3 Å². The minimum absolute atomic E-state index is 0.0522. The standard InChI is InChI=1S/C29H23F3N4O3S/c30-29(31,32)18-6-3-5-16(12-18)11-17(15-35-27(38)19-7-1-2-8-20(19)28(35)39)22-14-34-36-10-4-9-23-21(25(22)36)13-24(40-23)26(33)37/h1-3,5-8,12-14,17H,4,9-11,15H2,(H2,33,37)/t17-/m1/s1. The van der Waals surface area contributed by atoms with E-state index < -0.39 is 35.4 Å². The molecule has 7 nitrogen and oxygen atoms in total. The van der Waals surface area contributed by atoms with Crippen LogP contribution in [-0.4, -0.2) is 38.9 Å². The van der Waals surface area contributed by atoms with Crippen LogP contribution in [0.5, 0.6) is 0 Å². The molecule has 2 N–H and O–H groups in total. The lowest BCUT2D eigenvalue weighted by Crippen LogP contribution is -2.34. The van der Waals surface area contributed by atoms with Gasteiger partial charge < -0.3 is 5.73 Å². The number of hydrogen-bond donors (Lipinski definition) is 1. The number of carbonyl (C=O) groups is 3. The highest BCUT2D eigenvalue weighted by molar-refractivity contribution is 7.14. The monoisotopic (exact) mass is 564 g/mol. The molecule has 0 fully saturated rings. The molecule has 2 aliphatic rings. The molecule has 0 saturated heterocycles. The van der Waals surface area contributed by atoms with Gasteiger partial charge in [0, 0.05) is 35.0 Å². The zero-order chi connectivity index (χ0) is 28.2. The summed E-state index contributed by atoms with van der Waals surface area (Å²) in [6.45, 7) is 0.551. The molecule has 11 heteroatoms. The van der Waals surface area contributed by atoms with Crippen LogP contribution in [0.3, 0.4) is 0 Å². The first kappa shape index (κ1) is 26.0. The minimum atomic E-state index is -4.51. The summed E-state index contributed by atoms with van der Waals surface area (Å²) in [5.41, 5.74) is 8.00. The predicted octanol–water partition coefficient (Wildman–Crippen LogP) is 5.30.